The molecule has 0 aliphatic rings. The number of rotatable bonds is 6. The Morgan fingerprint density at radius 1 is 0.971 bits per heavy atom. The van der Waals surface area contributed by atoms with Gasteiger partial charge in [-0.3, -0.25) is 9.89 Å². The first-order valence-corrected chi connectivity index (χ1v) is 11.1. The quantitative estimate of drug-likeness (QED) is 0.352. The third-order valence-electron chi connectivity index (χ3n) is 5.97. The number of anilines is 2. The standard InChI is InChI=1S/C26H20N8O/c1-34-22-13-18(3-2-17(22)12-23(34)24(35)10-16-6-9-28-29-14-16)26-27-8-7-25(32-26)31-20-4-5-21-19(11-20)15-30-33-21/h2-9,11-15H,10H2,1H3,(H,30,33)(H,27,31,32). The van der Waals surface area contributed by atoms with E-state index in [0.29, 0.717) is 17.3 Å². The lowest BCUT2D eigenvalue weighted by atomic mass is 10.1. The first kappa shape index (κ1) is 20.7. The van der Waals surface area contributed by atoms with Gasteiger partial charge in [0.15, 0.2) is 11.6 Å². The molecular weight excluding hydrogens is 440 g/mol. The summed E-state index contributed by atoms with van der Waals surface area (Å²) in [6, 6.07) is 17.5. The van der Waals surface area contributed by atoms with Crippen LogP contribution in [0.5, 0.6) is 0 Å². The number of carbonyl (C=O) groups is 1. The molecule has 4 heterocycles. The SMILES string of the molecule is Cn1c(C(=O)Cc2ccnnc2)cc2ccc(-c3nccc(Nc4ccc5[nH]ncc5c4)n3)cc21. The molecule has 2 aromatic carbocycles. The number of carbonyl (C=O) groups excluding carboxylic acids is 1. The molecule has 0 unspecified atom stereocenters. The molecule has 0 aliphatic heterocycles. The molecular formula is C26H20N8O. The Labute approximate surface area is 199 Å². The summed E-state index contributed by atoms with van der Waals surface area (Å²) in [6.45, 7) is 0. The predicted molar refractivity (Wildman–Crippen MR) is 133 cm³/mol. The van der Waals surface area contributed by atoms with Crippen molar-refractivity contribution in [2.75, 3.05) is 5.32 Å². The highest BCUT2D eigenvalue weighted by molar-refractivity contribution is 6.01. The maximum absolute atomic E-state index is 12.9. The third kappa shape index (κ3) is 3.99. The fourth-order valence-corrected chi connectivity index (χ4v) is 4.17. The van der Waals surface area contributed by atoms with Gasteiger partial charge in [0.05, 0.1) is 23.6 Å². The molecule has 0 saturated carbocycles. The number of benzene rings is 2. The van der Waals surface area contributed by atoms with Gasteiger partial charge >= 0.3 is 0 Å². The van der Waals surface area contributed by atoms with Crippen molar-refractivity contribution in [3.8, 4) is 11.4 Å². The smallest absolute Gasteiger partial charge is 0.183 e. The molecule has 6 rings (SSSR count). The molecule has 2 N–H and O–H groups in total. The van der Waals surface area contributed by atoms with E-state index in [1.807, 2.05) is 60.1 Å². The molecule has 0 radical (unpaired) electrons. The second-order valence-electron chi connectivity index (χ2n) is 8.28. The van der Waals surface area contributed by atoms with Gasteiger partial charge in [-0.2, -0.15) is 15.3 Å². The molecule has 0 fully saturated rings. The van der Waals surface area contributed by atoms with Crippen molar-refractivity contribution in [1.29, 1.82) is 0 Å². The minimum absolute atomic E-state index is 0.0234. The summed E-state index contributed by atoms with van der Waals surface area (Å²) in [6.07, 6.45) is 7.00. The number of H-pyrrole nitrogens is 1. The molecule has 0 aliphatic carbocycles. The number of ketones is 1. The van der Waals surface area contributed by atoms with Gasteiger partial charge in [0.2, 0.25) is 0 Å². The van der Waals surface area contributed by atoms with Crippen LogP contribution in [0, 0.1) is 0 Å². The Bertz CT molecular complexity index is 1690. The summed E-state index contributed by atoms with van der Waals surface area (Å²) in [5, 5.41) is 20.0. The number of aromatic nitrogens is 7. The highest BCUT2D eigenvalue weighted by Gasteiger charge is 2.15. The van der Waals surface area contributed by atoms with Gasteiger partial charge in [-0.1, -0.05) is 12.1 Å². The topological polar surface area (TPSA) is 114 Å². The lowest BCUT2D eigenvalue weighted by molar-refractivity contribution is 0.0985. The lowest BCUT2D eigenvalue weighted by Gasteiger charge is -2.08. The molecule has 170 valence electrons. The van der Waals surface area contributed by atoms with Crippen molar-refractivity contribution < 1.29 is 4.79 Å². The van der Waals surface area contributed by atoms with Crippen LogP contribution in [-0.2, 0) is 13.5 Å². The van der Waals surface area contributed by atoms with E-state index in [1.165, 1.54) is 0 Å². The maximum Gasteiger partial charge on any atom is 0.183 e. The summed E-state index contributed by atoms with van der Waals surface area (Å²) in [4.78, 5) is 22.1. The van der Waals surface area contributed by atoms with Gasteiger partial charge in [-0.15, -0.1) is 0 Å². The minimum Gasteiger partial charge on any atom is -0.341 e. The van der Waals surface area contributed by atoms with Crippen LogP contribution >= 0.6 is 0 Å². The average molecular weight is 461 g/mol. The van der Waals surface area contributed by atoms with Crippen LogP contribution < -0.4 is 5.32 Å². The maximum atomic E-state index is 12.9. The molecule has 4 aromatic heterocycles. The van der Waals surface area contributed by atoms with Crippen LogP contribution in [0.4, 0.5) is 11.5 Å². The van der Waals surface area contributed by atoms with Crippen LogP contribution in [0.3, 0.4) is 0 Å². The molecule has 0 bridgehead atoms. The van der Waals surface area contributed by atoms with E-state index in [2.05, 4.69) is 30.7 Å². The zero-order chi connectivity index (χ0) is 23.8. The van der Waals surface area contributed by atoms with Crippen molar-refractivity contribution in [2.24, 2.45) is 7.05 Å². The average Bonchev–Trinajstić information content (AvgIpc) is 3.48. The summed E-state index contributed by atoms with van der Waals surface area (Å²) in [5.74, 6) is 1.31. The van der Waals surface area contributed by atoms with Crippen molar-refractivity contribution in [1.82, 2.24) is 34.9 Å². The molecule has 6 aromatic rings. The summed E-state index contributed by atoms with van der Waals surface area (Å²) in [5.41, 5.74) is 5.16. The summed E-state index contributed by atoms with van der Waals surface area (Å²) < 4.78 is 1.91. The number of nitrogens with one attached hydrogen (secondary N) is 2. The minimum atomic E-state index is 0.0234. The fourth-order valence-electron chi connectivity index (χ4n) is 4.17. The van der Waals surface area contributed by atoms with Gasteiger partial charge in [0.25, 0.3) is 0 Å². The zero-order valence-electron chi connectivity index (χ0n) is 18.8. The second-order valence-corrected chi connectivity index (χ2v) is 8.28. The predicted octanol–water partition coefficient (Wildman–Crippen LogP) is 4.47. The number of hydrogen-bond acceptors (Lipinski definition) is 7. The Hall–Kier alpha value is -4.92. The van der Waals surface area contributed by atoms with E-state index in [1.54, 1.807) is 30.9 Å². The Kier molecular flexibility index (Phi) is 4.99. The monoisotopic (exact) mass is 460 g/mol. The molecule has 0 amide bonds. The second kappa shape index (κ2) is 8.45. The molecule has 0 saturated heterocycles. The zero-order valence-corrected chi connectivity index (χ0v) is 18.8. The largest absolute Gasteiger partial charge is 0.341 e. The van der Waals surface area contributed by atoms with E-state index in [4.69, 9.17) is 4.98 Å². The van der Waals surface area contributed by atoms with Crippen LogP contribution in [0.25, 0.3) is 33.2 Å². The first-order valence-electron chi connectivity index (χ1n) is 11.1. The van der Waals surface area contributed by atoms with Crippen molar-refractivity contribution in [3.05, 3.63) is 90.6 Å². The highest BCUT2D eigenvalue weighted by Crippen LogP contribution is 2.27. The van der Waals surface area contributed by atoms with E-state index in [-0.39, 0.29) is 12.2 Å². The van der Waals surface area contributed by atoms with Gasteiger partial charge in [0, 0.05) is 53.4 Å². The number of nitrogens with zero attached hydrogens (tertiary/aromatic N) is 6. The Balaban J connectivity index is 1.29. The van der Waals surface area contributed by atoms with Crippen molar-refractivity contribution in [3.63, 3.8) is 0 Å². The van der Waals surface area contributed by atoms with Crippen LogP contribution in [-0.4, -0.2) is 40.7 Å². The van der Waals surface area contributed by atoms with E-state index in [0.717, 1.165) is 38.6 Å². The number of hydrogen-bond donors (Lipinski definition) is 2. The number of aromatic amines is 1. The Morgan fingerprint density at radius 2 is 1.91 bits per heavy atom. The highest BCUT2D eigenvalue weighted by atomic mass is 16.1. The van der Waals surface area contributed by atoms with Crippen LogP contribution in [0.2, 0.25) is 0 Å². The van der Waals surface area contributed by atoms with Crippen LogP contribution in [0.15, 0.2) is 79.4 Å². The van der Waals surface area contributed by atoms with E-state index >= 15 is 0 Å². The van der Waals surface area contributed by atoms with Crippen molar-refractivity contribution in [2.45, 2.75) is 6.42 Å². The number of fused-ring (bicyclic) bond motifs is 2. The van der Waals surface area contributed by atoms with Crippen LogP contribution in [0.1, 0.15) is 16.1 Å². The summed E-state index contributed by atoms with van der Waals surface area (Å²) >= 11 is 0. The van der Waals surface area contributed by atoms with E-state index in [9.17, 15) is 4.79 Å². The van der Waals surface area contributed by atoms with Gasteiger partial charge in [-0.05, 0) is 48.0 Å². The third-order valence-corrected chi connectivity index (χ3v) is 5.97. The van der Waals surface area contributed by atoms with Gasteiger partial charge in [-0.25, -0.2) is 9.97 Å². The van der Waals surface area contributed by atoms with Gasteiger partial charge < -0.3 is 9.88 Å². The lowest BCUT2D eigenvalue weighted by Crippen LogP contribution is -2.09. The molecule has 0 spiro atoms. The number of aryl methyl sites for hydroxylation is 1. The first-order chi connectivity index (χ1) is 17.1. The Morgan fingerprint density at radius 3 is 2.80 bits per heavy atom. The fraction of sp³-hybridized carbons (Fsp3) is 0.0769. The van der Waals surface area contributed by atoms with E-state index < -0.39 is 0 Å². The molecule has 35 heavy (non-hydrogen) atoms. The normalized spacial score (nSPS) is 11.2. The van der Waals surface area contributed by atoms with Gasteiger partial charge in [0.1, 0.15) is 5.82 Å². The molecule has 0 atom stereocenters. The molecule has 9 nitrogen and oxygen atoms in total. The number of Topliss-reactive ketones (excluding diaryl/α,β-unsaturated/α-hetero) is 1. The molecule has 9 heteroatoms. The summed E-state index contributed by atoms with van der Waals surface area (Å²) in [7, 11) is 1.90. The van der Waals surface area contributed by atoms with Crippen molar-refractivity contribution >= 4 is 39.1 Å².